The van der Waals surface area contributed by atoms with Crippen molar-refractivity contribution >= 4 is 11.0 Å². The average Bonchev–Trinajstić information content (AvgIpc) is 3.25. The summed E-state index contributed by atoms with van der Waals surface area (Å²) in [6, 6.07) is 17.6. The van der Waals surface area contributed by atoms with Crippen LogP contribution in [0.5, 0.6) is 5.88 Å². The second-order valence-electron chi connectivity index (χ2n) is 7.87. The topological polar surface area (TPSA) is 85.0 Å². The van der Waals surface area contributed by atoms with E-state index in [4.69, 9.17) is 19.7 Å². The van der Waals surface area contributed by atoms with Crippen molar-refractivity contribution in [2.24, 2.45) is 0 Å². The third kappa shape index (κ3) is 4.70. The van der Waals surface area contributed by atoms with Crippen molar-refractivity contribution in [3.63, 3.8) is 0 Å². The molecule has 0 saturated carbocycles. The third-order valence-corrected chi connectivity index (χ3v) is 5.59. The number of halogens is 1. The lowest BCUT2D eigenvalue weighted by molar-refractivity contribution is 0.0169. The number of nitrogens with zero attached hydrogens (tertiary/aromatic N) is 4. The van der Waals surface area contributed by atoms with Crippen LogP contribution in [0.1, 0.15) is 11.1 Å². The Morgan fingerprint density at radius 3 is 2.73 bits per heavy atom. The highest BCUT2D eigenvalue weighted by Crippen LogP contribution is 2.32. The van der Waals surface area contributed by atoms with Gasteiger partial charge in [0.15, 0.2) is 0 Å². The van der Waals surface area contributed by atoms with Gasteiger partial charge >= 0.3 is 0 Å². The Morgan fingerprint density at radius 2 is 2.00 bits per heavy atom. The van der Waals surface area contributed by atoms with Crippen LogP contribution in [0.15, 0.2) is 60.8 Å². The Morgan fingerprint density at radius 1 is 1.18 bits per heavy atom. The minimum Gasteiger partial charge on any atom is -0.472 e. The van der Waals surface area contributed by atoms with Crippen molar-refractivity contribution < 1.29 is 13.9 Å². The van der Waals surface area contributed by atoms with Gasteiger partial charge in [-0.15, -0.1) is 0 Å². The molecular weight excluding hydrogens is 421 g/mol. The maximum Gasteiger partial charge on any atom is 0.222 e. The fourth-order valence-electron chi connectivity index (χ4n) is 3.84. The van der Waals surface area contributed by atoms with Gasteiger partial charge in [0.25, 0.3) is 0 Å². The van der Waals surface area contributed by atoms with E-state index >= 15 is 0 Å². The van der Waals surface area contributed by atoms with Gasteiger partial charge in [-0.1, -0.05) is 24.3 Å². The molecule has 0 amide bonds. The van der Waals surface area contributed by atoms with E-state index in [9.17, 15) is 4.39 Å². The summed E-state index contributed by atoms with van der Waals surface area (Å²) in [4.78, 5) is 4.74. The Labute approximate surface area is 190 Å². The lowest BCUT2D eigenvalue weighted by Crippen LogP contribution is -2.40. The summed E-state index contributed by atoms with van der Waals surface area (Å²) in [6.07, 6.45) is 1.76. The fourth-order valence-corrected chi connectivity index (χ4v) is 3.84. The largest absolute Gasteiger partial charge is 0.472 e. The van der Waals surface area contributed by atoms with E-state index in [1.807, 2.05) is 22.9 Å². The Hall–Kier alpha value is -3.80. The van der Waals surface area contributed by atoms with Crippen LogP contribution in [0.25, 0.3) is 22.2 Å². The van der Waals surface area contributed by atoms with Gasteiger partial charge in [-0.2, -0.15) is 10.4 Å². The molecule has 2 aromatic heterocycles. The van der Waals surface area contributed by atoms with Crippen LogP contribution < -0.4 is 10.1 Å². The van der Waals surface area contributed by atoms with E-state index in [1.165, 1.54) is 12.1 Å². The van der Waals surface area contributed by atoms with Crippen molar-refractivity contribution in [1.29, 1.82) is 5.26 Å². The molecule has 1 aliphatic heterocycles. The number of benzene rings is 2. The molecule has 0 aliphatic carbocycles. The quantitative estimate of drug-likeness (QED) is 0.489. The number of aromatic nitrogens is 3. The summed E-state index contributed by atoms with van der Waals surface area (Å²) < 4.78 is 27.0. The first kappa shape index (κ1) is 21.1. The van der Waals surface area contributed by atoms with Gasteiger partial charge in [0.2, 0.25) is 5.88 Å². The van der Waals surface area contributed by atoms with Crippen LogP contribution >= 0.6 is 0 Å². The highest BCUT2D eigenvalue weighted by Gasteiger charge is 2.18. The zero-order valence-corrected chi connectivity index (χ0v) is 17.9. The molecular formula is C25H22FN5O2. The Bertz CT molecular complexity index is 1290. The van der Waals surface area contributed by atoms with E-state index < -0.39 is 0 Å². The molecule has 1 aliphatic rings. The molecule has 4 aromatic rings. The molecule has 3 heterocycles. The molecule has 2 aromatic carbocycles. The normalized spacial score (nSPS) is 15.9. The van der Waals surface area contributed by atoms with Crippen molar-refractivity contribution in [2.45, 2.75) is 19.3 Å². The first-order valence-corrected chi connectivity index (χ1v) is 10.8. The molecule has 33 heavy (non-hydrogen) atoms. The van der Waals surface area contributed by atoms with Crippen molar-refractivity contribution in [3.05, 3.63) is 77.7 Å². The van der Waals surface area contributed by atoms with E-state index in [0.29, 0.717) is 30.1 Å². The molecule has 1 atom stereocenters. The second-order valence-corrected chi connectivity index (χ2v) is 7.87. The van der Waals surface area contributed by atoms with Gasteiger partial charge < -0.3 is 14.8 Å². The molecule has 0 radical (unpaired) electrons. The summed E-state index contributed by atoms with van der Waals surface area (Å²) in [6.45, 7) is 3.17. The number of pyridine rings is 1. The van der Waals surface area contributed by atoms with E-state index in [2.05, 4.69) is 16.5 Å². The standard InChI is InChI=1S/C25H22FN5O2/c26-20-7-3-18(4-8-20)16-33-25-22(19-5-1-17(12-27)2-6-19)11-24-23(30-25)14-29-31(24)15-21-13-28-9-10-32-21/h1-8,11,14,21,28H,9-10,13,15-16H2/t21-/m0/s1. The van der Waals surface area contributed by atoms with Gasteiger partial charge in [0.05, 0.1) is 42.6 Å². The Kier molecular flexibility index (Phi) is 5.98. The minimum absolute atomic E-state index is 0.0367. The lowest BCUT2D eigenvalue weighted by Gasteiger charge is -2.23. The predicted molar refractivity (Wildman–Crippen MR) is 121 cm³/mol. The first-order chi connectivity index (χ1) is 16.2. The van der Waals surface area contributed by atoms with Gasteiger partial charge in [0, 0.05) is 18.7 Å². The summed E-state index contributed by atoms with van der Waals surface area (Å²) in [5.41, 5.74) is 4.66. The van der Waals surface area contributed by atoms with Crippen LogP contribution in [0.4, 0.5) is 4.39 Å². The second kappa shape index (κ2) is 9.36. The zero-order chi connectivity index (χ0) is 22.6. The average molecular weight is 443 g/mol. The predicted octanol–water partition coefficient (Wildman–Crippen LogP) is 3.68. The molecule has 5 rings (SSSR count). The molecule has 0 bridgehead atoms. The number of hydrogen-bond donors (Lipinski definition) is 1. The molecule has 1 fully saturated rings. The number of fused-ring (bicyclic) bond motifs is 1. The zero-order valence-electron chi connectivity index (χ0n) is 17.9. The minimum atomic E-state index is -0.291. The number of morpholine rings is 1. The molecule has 1 saturated heterocycles. The maximum absolute atomic E-state index is 13.2. The van der Waals surface area contributed by atoms with Crippen LogP contribution in [0, 0.1) is 17.1 Å². The summed E-state index contributed by atoms with van der Waals surface area (Å²) in [5.74, 6) is 0.160. The van der Waals surface area contributed by atoms with Crippen LogP contribution in [-0.2, 0) is 17.9 Å². The maximum atomic E-state index is 13.2. The summed E-state index contributed by atoms with van der Waals surface area (Å²) in [5, 5.41) is 17.0. The fraction of sp³-hybridized carbons (Fsp3) is 0.240. The number of hydrogen-bond acceptors (Lipinski definition) is 6. The van der Waals surface area contributed by atoms with E-state index in [0.717, 1.165) is 35.3 Å². The van der Waals surface area contributed by atoms with Crippen molar-refractivity contribution in [2.75, 3.05) is 19.7 Å². The first-order valence-electron chi connectivity index (χ1n) is 10.8. The number of rotatable bonds is 6. The number of nitrogens with one attached hydrogen (secondary N) is 1. The van der Waals surface area contributed by atoms with Gasteiger partial charge in [0.1, 0.15) is 17.9 Å². The van der Waals surface area contributed by atoms with E-state index in [1.54, 1.807) is 30.5 Å². The lowest BCUT2D eigenvalue weighted by atomic mass is 10.0. The molecule has 7 nitrogen and oxygen atoms in total. The SMILES string of the molecule is N#Cc1ccc(-c2cc3c(cnn3C[C@@H]3CNCCO3)nc2OCc2ccc(F)cc2)cc1. The smallest absolute Gasteiger partial charge is 0.222 e. The molecule has 1 N–H and O–H groups in total. The van der Waals surface area contributed by atoms with Gasteiger partial charge in [-0.05, 0) is 41.5 Å². The van der Waals surface area contributed by atoms with Crippen LogP contribution in [0.2, 0.25) is 0 Å². The molecule has 8 heteroatoms. The van der Waals surface area contributed by atoms with E-state index in [-0.39, 0.29) is 18.5 Å². The monoisotopic (exact) mass is 443 g/mol. The van der Waals surface area contributed by atoms with Crippen LogP contribution in [-0.4, -0.2) is 40.6 Å². The summed E-state index contributed by atoms with van der Waals surface area (Å²) in [7, 11) is 0. The number of nitriles is 1. The van der Waals surface area contributed by atoms with Crippen molar-refractivity contribution in [3.8, 4) is 23.1 Å². The molecule has 0 spiro atoms. The molecule has 166 valence electrons. The number of ether oxygens (including phenoxy) is 2. The van der Waals surface area contributed by atoms with Crippen molar-refractivity contribution in [1.82, 2.24) is 20.1 Å². The van der Waals surface area contributed by atoms with Gasteiger partial charge in [-0.25, -0.2) is 9.37 Å². The molecule has 0 unspecified atom stereocenters. The Balaban J connectivity index is 1.50. The van der Waals surface area contributed by atoms with Gasteiger partial charge in [-0.3, -0.25) is 4.68 Å². The third-order valence-electron chi connectivity index (χ3n) is 5.59. The highest BCUT2D eigenvalue weighted by molar-refractivity contribution is 5.83. The highest BCUT2D eigenvalue weighted by atomic mass is 19.1. The van der Waals surface area contributed by atoms with Crippen LogP contribution in [0.3, 0.4) is 0 Å². The summed E-state index contributed by atoms with van der Waals surface area (Å²) >= 11 is 0.